The number of nitrogens with one attached hydrogen (secondary N) is 2. The van der Waals surface area contributed by atoms with Crippen LogP contribution in [0.15, 0.2) is 64.6 Å². The third kappa shape index (κ3) is 7.49. The number of alkyl halides is 3. The molecule has 0 spiro atoms. The van der Waals surface area contributed by atoms with Crippen molar-refractivity contribution in [3.63, 3.8) is 0 Å². The molecule has 1 amide bonds. The Bertz CT molecular complexity index is 1120. The molecule has 1 aromatic rings. The number of ketones is 1. The Kier molecular flexibility index (Phi) is 10.4. The number of carbonyl (C=O) groups excluding carboxylic acids is 2. The number of terminal acetylenes is 1. The summed E-state index contributed by atoms with van der Waals surface area (Å²) in [5.41, 5.74) is 0.837. The van der Waals surface area contributed by atoms with Crippen molar-refractivity contribution in [2.75, 3.05) is 13.1 Å². The summed E-state index contributed by atoms with van der Waals surface area (Å²) in [6.07, 6.45) is 5.79. The summed E-state index contributed by atoms with van der Waals surface area (Å²) in [7, 11) is 0. The largest absolute Gasteiger partial charge is 0.393 e. The van der Waals surface area contributed by atoms with Crippen molar-refractivity contribution in [2.45, 2.75) is 38.9 Å². The summed E-state index contributed by atoms with van der Waals surface area (Å²) >= 11 is 6.04. The van der Waals surface area contributed by atoms with Crippen molar-refractivity contribution in [2.24, 2.45) is 11.0 Å². The number of amides is 1. The van der Waals surface area contributed by atoms with Gasteiger partial charge in [0.1, 0.15) is 5.82 Å². The number of hydrogen-bond acceptors (Lipinski definition) is 5. The normalized spacial score (nSPS) is 20.2. The van der Waals surface area contributed by atoms with E-state index in [1.54, 1.807) is 30.4 Å². The molecule has 0 aromatic heterocycles. The summed E-state index contributed by atoms with van der Waals surface area (Å²) in [5, 5.41) is 10.6. The molecule has 2 rings (SSSR count). The van der Waals surface area contributed by atoms with Crippen LogP contribution in [0.2, 0.25) is 5.02 Å². The van der Waals surface area contributed by atoms with Crippen LogP contribution in [0.5, 0.6) is 0 Å². The molecule has 2 N–H and O–H groups in total. The van der Waals surface area contributed by atoms with Gasteiger partial charge in [-0.25, -0.2) is 5.01 Å². The van der Waals surface area contributed by atoms with Crippen LogP contribution in [0, 0.1) is 18.3 Å². The molecule has 1 heterocycles. The van der Waals surface area contributed by atoms with Crippen LogP contribution in [0.4, 0.5) is 13.2 Å². The fraction of sp³-hybridized carbons (Fsp3) is 0.346. The first kappa shape index (κ1) is 28.7. The molecule has 0 aliphatic carbocycles. The van der Waals surface area contributed by atoms with Crippen molar-refractivity contribution in [3.05, 3.63) is 70.0 Å². The molecule has 2 unspecified atom stereocenters. The molecule has 1 aliphatic rings. The van der Waals surface area contributed by atoms with E-state index >= 15 is 0 Å². The summed E-state index contributed by atoms with van der Waals surface area (Å²) in [6.45, 7) is 5.79. The Morgan fingerprint density at radius 1 is 1.39 bits per heavy atom. The molecular weight excluding hydrogens is 493 g/mol. The Hall–Kier alpha value is -3.51. The highest BCUT2D eigenvalue weighted by Crippen LogP contribution is 2.35. The van der Waals surface area contributed by atoms with Crippen LogP contribution in [-0.2, 0) is 4.79 Å². The fourth-order valence-electron chi connectivity index (χ4n) is 3.73. The summed E-state index contributed by atoms with van der Waals surface area (Å²) in [6, 6.07) is 5.59. The number of hydrazone groups is 1. The highest BCUT2D eigenvalue weighted by atomic mass is 35.5. The zero-order valence-electron chi connectivity index (χ0n) is 20.0. The van der Waals surface area contributed by atoms with Gasteiger partial charge in [-0.1, -0.05) is 42.7 Å². The quantitative estimate of drug-likeness (QED) is 0.169. The van der Waals surface area contributed by atoms with Crippen LogP contribution in [0.25, 0.3) is 0 Å². The standard InChI is InChI=1S/C26H28ClF3N4O2/c1-5-7-11-18(10-6-2)22-14-19(26(28,29)30)16-34(31-4)24(33-22)17(3)25(36)32-15-23(35)20-12-8-9-13-21(20)27/h1,7-13,19,22,33H,4,6,14-16H2,2-3H3,(H,32,36)/b11-7-,18-10+,24-17+. The maximum Gasteiger partial charge on any atom is 0.393 e. The SMILES string of the molecule is C#C/C=C\C(=C/CC)C1CC(C(F)(F)F)CN(N=C)/C(=C(\C)C(=O)NCC(=O)c2ccccc2Cl)N1. The van der Waals surface area contributed by atoms with Gasteiger partial charge in [-0.05, 0) is 49.6 Å². The van der Waals surface area contributed by atoms with Gasteiger partial charge in [0.2, 0.25) is 0 Å². The van der Waals surface area contributed by atoms with E-state index in [0.717, 1.165) is 5.01 Å². The van der Waals surface area contributed by atoms with Crippen LogP contribution >= 0.6 is 11.6 Å². The maximum absolute atomic E-state index is 13.9. The molecule has 192 valence electrons. The molecule has 6 nitrogen and oxygen atoms in total. The first-order valence-electron chi connectivity index (χ1n) is 11.2. The number of halogens is 4. The van der Waals surface area contributed by atoms with Crippen molar-refractivity contribution in [1.82, 2.24) is 15.6 Å². The minimum Gasteiger partial charge on any atom is -0.363 e. The molecule has 0 saturated carbocycles. The van der Waals surface area contributed by atoms with Gasteiger partial charge in [-0.2, -0.15) is 18.3 Å². The third-order valence-corrected chi connectivity index (χ3v) is 5.94. The molecule has 0 bridgehead atoms. The van der Waals surface area contributed by atoms with Crippen molar-refractivity contribution < 1.29 is 22.8 Å². The minimum absolute atomic E-state index is 0.0407. The molecule has 2 atom stereocenters. The van der Waals surface area contributed by atoms with Gasteiger partial charge in [0, 0.05) is 12.3 Å². The lowest BCUT2D eigenvalue weighted by Crippen LogP contribution is -2.38. The Morgan fingerprint density at radius 2 is 2.08 bits per heavy atom. The second kappa shape index (κ2) is 13.0. The Balaban J connectivity index is 2.40. The average Bonchev–Trinajstić information content (AvgIpc) is 3.04. The number of benzene rings is 1. The molecule has 10 heteroatoms. The zero-order valence-corrected chi connectivity index (χ0v) is 20.8. The maximum atomic E-state index is 13.9. The number of allylic oxidation sites excluding steroid dienone is 2. The van der Waals surface area contributed by atoms with Gasteiger partial charge in [-0.15, -0.1) is 6.42 Å². The van der Waals surface area contributed by atoms with Gasteiger partial charge in [0.25, 0.3) is 5.91 Å². The van der Waals surface area contributed by atoms with Crippen LogP contribution in [-0.4, -0.2) is 48.7 Å². The third-order valence-electron chi connectivity index (χ3n) is 5.61. The Morgan fingerprint density at radius 3 is 2.67 bits per heavy atom. The lowest BCUT2D eigenvalue weighted by atomic mass is 9.93. The minimum atomic E-state index is -4.51. The van der Waals surface area contributed by atoms with Crippen LogP contribution in [0.3, 0.4) is 0 Å². The highest BCUT2D eigenvalue weighted by molar-refractivity contribution is 6.34. The number of carbonyl (C=O) groups is 2. The number of nitrogens with zero attached hydrogens (tertiary/aromatic N) is 2. The van der Waals surface area contributed by atoms with E-state index in [4.69, 9.17) is 18.0 Å². The van der Waals surface area contributed by atoms with Gasteiger partial charge in [0.15, 0.2) is 5.78 Å². The smallest absolute Gasteiger partial charge is 0.363 e. The van der Waals surface area contributed by atoms with E-state index in [1.807, 2.05) is 6.92 Å². The van der Waals surface area contributed by atoms with Gasteiger partial charge in [0.05, 0.1) is 35.6 Å². The van der Waals surface area contributed by atoms with Crippen LogP contribution in [0.1, 0.15) is 37.0 Å². The van der Waals surface area contributed by atoms with Gasteiger partial charge < -0.3 is 10.6 Å². The second-order valence-corrected chi connectivity index (χ2v) is 8.47. The van der Waals surface area contributed by atoms with E-state index in [-0.39, 0.29) is 34.9 Å². The first-order valence-corrected chi connectivity index (χ1v) is 11.6. The molecule has 1 saturated heterocycles. The number of rotatable bonds is 8. The van der Waals surface area contributed by atoms with E-state index in [0.29, 0.717) is 12.0 Å². The number of Topliss-reactive ketones (excluding diaryl/α,β-unsaturated/α-hetero) is 1. The molecule has 1 aromatic carbocycles. The van der Waals surface area contributed by atoms with Gasteiger partial charge in [-0.3, -0.25) is 9.59 Å². The van der Waals surface area contributed by atoms with Crippen molar-refractivity contribution in [1.29, 1.82) is 0 Å². The fourth-order valence-corrected chi connectivity index (χ4v) is 3.98. The Labute approximate surface area is 214 Å². The lowest BCUT2D eigenvalue weighted by Gasteiger charge is -2.25. The van der Waals surface area contributed by atoms with Crippen molar-refractivity contribution in [3.8, 4) is 12.3 Å². The monoisotopic (exact) mass is 520 g/mol. The predicted molar refractivity (Wildman–Crippen MR) is 135 cm³/mol. The molecule has 1 fully saturated rings. The van der Waals surface area contributed by atoms with Crippen LogP contribution < -0.4 is 10.6 Å². The van der Waals surface area contributed by atoms with Gasteiger partial charge >= 0.3 is 6.18 Å². The van der Waals surface area contributed by atoms with E-state index in [2.05, 4.69) is 28.4 Å². The summed E-state index contributed by atoms with van der Waals surface area (Å²) in [4.78, 5) is 25.4. The molecule has 1 aliphatic heterocycles. The number of hydrogen-bond donors (Lipinski definition) is 2. The topological polar surface area (TPSA) is 73.8 Å². The molecule has 36 heavy (non-hydrogen) atoms. The average molecular weight is 521 g/mol. The van der Waals surface area contributed by atoms with E-state index < -0.39 is 36.4 Å². The zero-order chi connectivity index (χ0) is 26.9. The summed E-state index contributed by atoms with van der Waals surface area (Å²) < 4.78 is 41.6. The lowest BCUT2D eigenvalue weighted by molar-refractivity contribution is -0.178. The molecular formula is C26H28ClF3N4O2. The molecule has 0 radical (unpaired) electrons. The van der Waals surface area contributed by atoms with E-state index in [9.17, 15) is 22.8 Å². The highest BCUT2D eigenvalue weighted by Gasteiger charge is 2.44. The van der Waals surface area contributed by atoms with E-state index in [1.165, 1.54) is 19.1 Å². The second-order valence-electron chi connectivity index (χ2n) is 8.07. The van der Waals surface area contributed by atoms with Crippen molar-refractivity contribution >= 4 is 30.0 Å². The predicted octanol–water partition coefficient (Wildman–Crippen LogP) is 4.85. The first-order chi connectivity index (χ1) is 17.0. The summed E-state index contributed by atoms with van der Waals surface area (Å²) in [5.74, 6) is -0.428.